The summed E-state index contributed by atoms with van der Waals surface area (Å²) in [5.74, 6) is 0.0403. The predicted octanol–water partition coefficient (Wildman–Crippen LogP) is 10.3. The number of hydrogen-bond acceptors (Lipinski definition) is 4. The summed E-state index contributed by atoms with van der Waals surface area (Å²) in [5, 5.41) is 0. The molecule has 232 valence electrons. The molecule has 0 saturated heterocycles. The third kappa shape index (κ3) is 6.79. The van der Waals surface area contributed by atoms with Crippen molar-refractivity contribution in [3.63, 3.8) is 0 Å². The monoisotopic (exact) mass is 622 g/mol. The number of ketones is 1. The van der Waals surface area contributed by atoms with Gasteiger partial charge in [-0.2, -0.15) is 0 Å². The van der Waals surface area contributed by atoms with Crippen molar-refractivity contribution in [1.29, 1.82) is 0 Å². The molecule has 6 aromatic carbocycles. The molecule has 0 spiro atoms. The van der Waals surface area contributed by atoms with Crippen LogP contribution >= 0.6 is 0 Å². The summed E-state index contributed by atoms with van der Waals surface area (Å²) < 4.78 is 0. The molecule has 1 aliphatic heterocycles. The van der Waals surface area contributed by atoms with E-state index in [0.29, 0.717) is 16.7 Å². The highest BCUT2D eigenvalue weighted by Crippen LogP contribution is 2.36. The van der Waals surface area contributed by atoms with Crippen molar-refractivity contribution < 1.29 is 9.59 Å². The summed E-state index contributed by atoms with van der Waals surface area (Å²) in [6, 6.07) is 52.5. The Morgan fingerprint density at radius 3 is 1.67 bits per heavy atom. The molecule has 0 unspecified atom stereocenters. The first-order valence-electron chi connectivity index (χ1n) is 16.1. The van der Waals surface area contributed by atoms with E-state index in [1.807, 2.05) is 84.9 Å². The van der Waals surface area contributed by atoms with Gasteiger partial charge >= 0.3 is 0 Å². The molecule has 0 amide bonds. The van der Waals surface area contributed by atoms with Crippen LogP contribution < -0.4 is 4.90 Å². The van der Waals surface area contributed by atoms with E-state index in [2.05, 4.69) is 101 Å². The van der Waals surface area contributed by atoms with Gasteiger partial charge in [0.2, 0.25) is 0 Å². The minimum Gasteiger partial charge on any atom is -0.369 e. The van der Waals surface area contributed by atoms with Gasteiger partial charge in [-0.15, -0.1) is 0 Å². The van der Waals surface area contributed by atoms with Crippen LogP contribution in [-0.4, -0.2) is 23.5 Å². The van der Waals surface area contributed by atoms with Crippen molar-refractivity contribution in [2.45, 2.75) is 6.54 Å². The van der Waals surface area contributed by atoms with E-state index in [4.69, 9.17) is 0 Å². The van der Waals surface area contributed by atoms with Gasteiger partial charge in [-0.25, -0.2) is 0 Å². The number of rotatable bonds is 10. The maximum atomic E-state index is 12.8. The molecule has 1 heterocycles. The Morgan fingerprint density at radius 1 is 0.583 bits per heavy atom. The number of carbonyl (C=O) groups is 2. The lowest BCUT2D eigenvalue weighted by Gasteiger charge is -2.26. The number of benzene rings is 6. The summed E-state index contributed by atoms with van der Waals surface area (Å²) in [6.45, 7) is 1.56. The van der Waals surface area contributed by atoms with Crippen molar-refractivity contribution in [3.8, 4) is 11.1 Å². The van der Waals surface area contributed by atoms with Crippen LogP contribution in [0.4, 0.5) is 17.1 Å². The molecule has 0 fully saturated rings. The van der Waals surface area contributed by atoms with Crippen LogP contribution in [0.3, 0.4) is 0 Å². The van der Waals surface area contributed by atoms with E-state index in [1.54, 1.807) is 0 Å². The van der Waals surface area contributed by atoms with Gasteiger partial charge in [0.1, 0.15) is 6.29 Å². The molecular weight excluding hydrogens is 588 g/mol. The minimum absolute atomic E-state index is 0.0403. The van der Waals surface area contributed by atoms with E-state index >= 15 is 0 Å². The summed E-state index contributed by atoms with van der Waals surface area (Å²) in [5.41, 5.74) is 10.9. The van der Waals surface area contributed by atoms with Crippen LogP contribution in [0.15, 0.2) is 176 Å². The van der Waals surface area contributed by atoms with Crippen LogP contribution in [0.25, 0.3) is 16.7 Å². The SMILES string of the molecule is O=Cc1ccc(N(c2ccc(C3=CCN(Cc4ccc(C(=O)c5ccccc5)cc4)C=C3)cc2)c2ccc(-c3ccccc3)cc2)cc1. The molecule has 0 saturated carbocycles. The van der Waals surface area contributed by atoms with Crippen LogP contribution in [0.5, 0.6) is 0 Å². The van der Waals surface area contributed by atoms with Crippen molar-refractivity contribution in [2.24, 2.45) is 0 Å². The lowest BCUT2D eigenvalue weighted by atomic mass is 10.0. The van der Waals surface area contributed by atoms with E-state index in [0.717, 1.165) is 53.1 Å². The lowest BCUT2D eigenvalue weighted by Crippen LogP contribution is -2.19. The van der Waals surface area contributed by atoms with Gasteiger partial charge in [0.15, 0.2) is 5.78 Å². The first kappa shape index (κ1) is 30.4. The van der Waals surface area contributed by atoms with Crippen LogP contribution in [0.2, 0.25) is 0 Å². The smallest absolute Gasteiger partial charge is 0.193 e. The van der Waals surface area contributed by atoms with E-state index < -0.39 is 0 Å². The second-order valence-corrected chi connectivity index (χ2v) is 11.8. The first-order chi connectivity index (χ1) is 23.6. The van der Waals surface area contributed by atoms with Crippen molar-refractivity contribution in [1.82, 2.24) is 4.90 Å². The highest BCUT2D eigenvalue weighted by Gasteiger charge is 2.15. The van der Waals surface area contributed by atoms with Gasteiger partial charge in [0.05, 0.1) is 0 Å². The zero-order valence-corrected chi connectivity index (χ0v) is 26.4. The molecule has 0 atom stereocenters. The first-order valence-corrected chi connectivity index (χ1v) is 16.1. The Balaban J connectivity index is 1.05. The molecule has 0 aliphatic carbocycles. The minimum atomic E-state index is 0.0403. The van der Waals surface area contributed by atoms with Crippen molar-refractivity contribution >= 4 is 34.7 Å². The summed E-state index contributed by atoms with van der Waals surface area (Å²) in [4.78, 5) is 28.6. The van der Waals surface area contributed by atoms with Crippen molar-refractivity contribution in [2.75, 3.05) is 11.4 Å². The van der Waals surface area contributed by atoms with E-state index in [9.17, 15) is 9.59 Å². The second-order valence-electron chi connectivity index (χ2n) is 11.8. The van der Waals surface area contributed by atoms with Crippen molar-refractivity contribution in [3.05, 3.63) is 204 Å². The van der Waals surface area contributed by atoms with Gasteiger partial charge in [0.25, 0.3) is 0 Å². The summed E-state index contributed by atoms with van der Waals surface area (Å²) in [7, 11) is 0. The van der Waals surface area contributed by atoms with Crippen LogP contribution in [0.1, 0.15) is 37.4 Å². The van der Waals surface area contributed by atoms with Gasteiger partial charge in [0, 0.05) is 53.0 Å². The third-order valence-electron chi connectivity index (χ3n) is 8.63. The molecule has 0 radical (unpaired) electrons. The molecule has 1 aliphatic rings. The maximum absolute atomic E-state index is 12.8. The Hall–Kier alpha value is -6.26. The molecular formula is C44H34N2O2. The lowest BCUT2D eigenvalue weighted by molar-refractivity contribution is 0.103. The Kier molecular flexibility index (Phi) is 8.88. The zero-order valence-electron chi connectivity index (χ0n) is 26.4. The maximum Gasteiger partial charge on any atom is 0.193 e. The Bertz CT molecular complexity index is 2060. The molecule has 48 heavy (non-hydrogen) atoms. The zero-order chi connectivity index (χ0) is 32.7. The average Bonchev–Trinajstić information content (AvgIpc) is 3.17. The van der Waals surface area contributed by atoms with E-state index in [1.165, 1.54) is 11.1 Å². The van der Waals surface area contributed by atoms with Gasteiger partial charge < -0.3 is 9.80 Å². The molecule has 0 N–H and O–H groups in total. The average molecular weight is 623 g/mol. The molecule has 6 aromatic rings. The third-order valence-corrected chi connectivity index (χ3v) is 8.63. The second kappa shape index (κ2) is 14.0. The standard InChI is InChI=1S/C44H34N2O2/c47-32-34-13-21-41(22-14-34)46(42-23-17-36(18-24-42)35-7-3-1-4-8-35)43-25-19-37(20-26-43)38-27-29-45(30-28-38)31-33-11-15-40(16-12-33)44(48)39-9-5-2-6-10-39/h1-29,32H,30-31H2. The normalized spacial score (nSPS) is 12.3. The number of nitrogens with zero attached hydrogens (tertiary/aromatic N) is 2. The molecule has 7 rings (SSSR count). The molecule has 0 bridgehead atoms. The topological polar surface area (TPSA) is 40.6 Å². The van der Waals surface area contributed by atoms with Gasteiger partial charge in [-0.1, -0.05) is 115 Å². The van der Waals surface area contributed by atoms with Gasteiger partial charge in [-0.3, -0.25) is 9.59 Å². The molecule has 0 aromatic heterocycles. The quantitative estimate of drug-likeness (QED) is 0.113. The number of hydrogen-bond donors (Lipinski definition) is 0. The fraction of sp³-hybridized carbons (Fsp3) is 0.0455. The Morgan fingerprint density at radius 2 is 1.10 bits per heavy atom. The summed E-state index contributed by atoms with van der Waals surface area (Å²) >= 11 is 0. The van der Waals surface area contributed by atoms with E-state index in [-0.39, 0.29) is 5.78 Å². The van der Waals surface area contributed by atoms with Crippen LogP contribution in [0, 0.1) is 0 Å². The summed E-state index contributed by atoms with van der Waals surface area (Å²) in [6.07, 6.45) is 7.42. The van der Waals surface area contributed by atoms with Gasteiger partial charge in [-0.05, 0) is 82.4 Å². The highest BCUT2D eigenvalue weighted by atomic mass is 16.1. The fourth-order valence-corrected chi connectivity index (χ4v) is 6.00. The molecule has 4 heteroatoms. The highest BCUT2D eigenvalue weighted by molar-refractivity contribution is 6.08. The van der Waals surface area contributed by atoms with Crippen LogP contribution in [-0.2, 0) is 6.54 Å². The number of allylic oxidation sites excluding steroid dienone is 2. The fourth-order valence-electron chi connectivity index (χ4n) is 6.00. The predicted molar refractivity (Wildman–Crippen MR) is 196 cm³/mol. The number of carbonyl (C=O) groups excluding carboxylic acids is 2. The molecule has 4 nitrogen and oxygen atoms in total. The Labute approximate surface area is 281 Å². The number of aldehydes is 1. The number of anilines is 3. The largest absolute Gasteiger partial charge is 0.369 e.